The van der Waals surface area contributed by atoms with Crippen molar-refractivity contribution >= 4 is 33.4 Å². The van der Waals surface area contributed by atoms with Crippen molar-refractivity contribution < 1.29 is 32.6 Å². The fourth-order valence-electron chi connectivity index (χ4n) is 4.90. The van der Waals surface area contributed by atoms with Gasteiger partial charge < -0.3 is 19.5 Å². The molecule has 0 amide bonds. The highest BCUT2D eigenvalue weighted by Gasteiger charge is 2.56. The van der Waals surface area contributed by atoms with Crippen molar-refractivity contribution in [2.45, 2.75) is 50.5 Å². The van der Waals surface area contributed by atoms with Gasteiger partial charge >= 0.3 is 11.9 Å². The smallest absolute Gasteiger partial charge is 0.315 e. The van der Waals surface area contributed by atoms with Gasteiger partial charge in [0.25, 0.3) is 10.0 Å². The van der Waals surface area contributed by atoms with Gasteiger partial charge in [-0.25, -0.2) is 4.83 Å². The van der Waals surface area contributed by atoms with Gasteiger partial charge in [0.2, 0.25) is 0 Å². The van der Waals surface area contributed by atoms with Gasteiger partial charge in [-0.3, -0.25) is 9.59 Å². The molecule has 11 heteroatoms. The molecule has 4 atom stereocenters. The van der Waals surface area contributed by atoms with Gasteiger partial charge in [-0.2, -0.15) is 13.5 Å². The summed E-state index contributed by atoms with van der Waals surface area (Å²) in [5.74, 6) is -4.60. The highest BCUT2D eigenvalue weighted by molar-refractivity contribution is 7.89. The number of hydrogen-bond donors (Lipinski definition) is 2. The number of hydrogen-bond acceptors (Lipinski definition) is 9. The Morgan fingerprint density at radius 3 is 2.13 bits per heavy atom. The molecular weight excluding hydrogens is 522 g/mol. The van der Waals surface area contributed by atoms with Gasteiger partial charge in [-0.1, -0.05) is 29.8 Å². The molecule has 0 aliphatic heterocycles. The molecule has 1 aliphatic rings. The third-order valence-electron chi connectivity index (χ3n) is 6.80. The maximum Gasteiger partial charge on any atom is 0.315 e. The third-order valence-corrected chi connectivity index (χ3v) is 8.03. The van der Waals surface area contributed by atoms with Crippen LogP contribution in [-0.2, 0) is 29.1 Å². The number of aryl methyl sites for hydroxylation is 1. The summed E-state index contributed by atoms with van der Waals surface area (Å²) >= 11 is 0. The number of ether oxygens (including phenoxy) is 2. The Labute approximate surface area is 230 Å². The van der Waals surface area contributed by atoms with E-state index < -0.39 is 45.3 Å². The number of anilines is 1. The minimum Gasteiger partial charge on any atom is -0.466 e. The second-order valence-corrected chi connectivity index (χ2v) is 11.7. The van der Waals surface area contributed by atoms with E-state index in [2.05, 4.69) is 9.93 Å². The summed E-state index contributed by atoms with van der Waals surface area (Å²) in [4.78, 5) is 30.8. The lowest BCUT2D eigenvalue weighted by Crippen LogP contribution is -2.55. The van der Waals surface area contributed by atoms with Gasteiger partial charge in [-0.05, 0) is 57.5 Å². The van der Waals surface area contributed by atoms with Crippen LogP contribution in [0.3, 0.4) is 0 Å². The molecule has 3 rings (SSSR count). The third kappa shape index (κ3) is 6.77. The van der Waals surface area contributed by atoms with Gasteiger partial charge in [0.1, 0.15) is 5.92 Å². The average Bonchev–Trinajstić information content (AvgIpc) is 2.87. The van der Waals surface area contributed by atoms with E-state index in [-0.39, 0.29) is 30.2 Å². The van der Waals surface area contributed by atoms with E-state index in [0.717, 1.165) is 11.3 Å². The van der Waals surface area contributed by atoms with Crippen LogP contribution in [0.1, 0.15) is 44.2 Å². The summed E-state index contributed by atoms with van der Waals surface area (Å²) in [6.07, 6.45) is -0.261. The lowest BCUT2D eigenvalue weighted by atomic mass is 9.61. The topological polar surface area (TPSA) is 135 Å². The Morgan fingerprint density at radius 1 is 1.03 bits per heavy atom. The molecule has 1 saturated carbocycles. The van der Waals surface area contributed by atoms with Crippen LogP contribution < -0.4 is 9.73 Å². The van der Waals surface area contributed by atoms with Crippen LogP contribution in [0.2, 0.25) is 0 Å². The molecule has 10 nitrogen and oxygen atoms in total. The minimum atomic E-state index is -4.08. The molecule has 212 valence electrons. The molecule has 39 heavy (non-hydrogen) atoms. The monoisotopic (exact) mass is 559 g/mol. The number of carbonyl (C=O) groups excluding carboxylic acids is 2. The molecule has 0 radical (unpaired) electrons. The van der Waals surface area contributed by atoms with Crippen LogP contribution in [0.15, 0.2) is 58.5 Å². The van der Waals surface area contributed by atoms with Crippen molar-refractivity contribution in [1.82, 2.24) is 4.83 Å². The Morgan fingerprint density at radius 2 is 1.59 bits per heavy atom. The normalized spacial score (nSPS) is 24.2. The first-order valence-corrected chi connectivity index (χ1v) is 14.3. The maximum absolute atomic E-state index is 13.4. The van der Waals surface area contributed by atoms with Crippen LogP contribution >= 0.6 is 0 Å². The van der Waals surface area contributed by atoms with Gasteiger partial charge in [-0.15, -0.1) is 0 Å². The fourth-order valence-corrected chi connectivity index (χ4v) is 5.74. The largest absolute Gasteiger partial charge is 0.466 e. The summed E-state index contributed by atoms with van der Waals surface area (Å²) in [6, 6.07) is 13.4. The average molecular weight is 560 g/mol. The van der Waals surface area contributed by atoms with E-state index in [0.29, 0.717) is 5.56 Å². The molecule has 1 fully saturated rings. The number of sulfonamides is 1. The lowest BCUT2D eigenvalue weighted by molar-refractivity contribution is -0.163. The van der Waals surface area contributed by atoms with E-state index >= 15 is 0 Å². The van der Waals surface area contributed by atoms with Crippen molar-refractivity contribution in [2.75, 3.05) is 32.2 Å². The lowest BCUT2D eigenvalue weighted by Gasteiger charge is -2.45. The summed E-state index contributed by atoms with van der Waals surface area (Å²) in [6.45, 7) is 6.75. The molecule has 0 spiro atoms. The molecular formula is C28H37N3O7S. The number of hydrazone groups is 1. The first-order valence-electron chi connectivity index (χ1n) is 12.8. The summed E-state index contributed by atoms with van der Waals surface area (Å²) in [7, 11) is -0.313. The molecule has 0 unspecified atom stereocenters. The molecule has 2 N–H and O–H groups in total. The Kier molecular flexibility index (Phi) is 9.39. The molecule has 2 aromatic carbocycles. The Hall–Kier alpha value is -3.44. The second kappa shape index (κ2) is 12.2. The number of carbonyl (C=O) groups is 2. The minimum absolute atomic E-state index is 0.00655. The van der Waals surface area contributed by atoms with Crippen molar-refractivity contribution in [3.63, 3.8) is 0 Å². The second-order valence-electron chi connectivity index (χ2n) is 10.0. The molecule has 1 aliphatic carbocycles. The van der Waals surface area contributed by atoms with Crippen LogP contribution in [0, 0.1) is 18.8 Å². The van der Waals surface area contributed by atoms with E-state index in [1.54, 1.807) is 38.1 Å². The van der Waals surface area contributed by atoms with Crippen molar-refractivity contribution in [3.8, 4) is 0 Å². The number of rotatable bonds is 9. The van der Waals surface area contributed by atoms with Gasteiger partial charge in [0.05, 0.1) is 35.3 Å². The number of benzene rings is 2. The highest BCUT2D eigenvalue weighted by atomic mass is 32.2. The zero-order chi connectivity index (χ0) is 29.0. The molecule has 2 aromatic rings. The standard InChI is InChI=1S/C28H37N3O7S/c1-7-37-26(32)24-22(29-30-39(35,36)21-15-9-18(3)10-16-21)17-28(4,34)25(27(33)38-8-2)23(24)19-11-13-20(14-12-19)31(5)6/h9-16,23-25,30,34H,7-8,17H2,1-6H3/b29-22-/t23-,24+,25+,28-/m0/s1. The Balaban J connectivity index is 2.16. The number of esters is 2. The number of nitrogens with zero attached hydrogens (tertiary/aromatic N) is 2. The highest BCUT2D eigenvalue weighted by Crippen LogP contribution is 2.47. The first kappa shape index (κ1) is 30.1. The first-order chi connectivity index (χ1) is 18.3. The number of nitrogens with one attached hydrogen (secondary N) is 1. The van der Waals surface area contributed by atoms with E-state index in [1.807, 2.05) is 38.1 Å². The molecule has 0 saturated heterocycles. The Bertz CT molecular complexity index is 1300. The van der Waals surface area contributed by atoms with Crippen LogP contribution in [0.25, 0.3) is 0 Å². The van der Waals surface area contributed by atoms with Crippen LogP contribution in [0.4, 0.5) is 5.69 Å². The van der Waals surface area contributed by atoms with Crippen molar-refractivity contribution in [3.05, 3.63) is 59.7 Å². The van der Waals surface area contributed by atoms with Crippen LogP contribution in [0.5, 0.6) is 0 Å². The zero-order valence-corrected chi connectivity index (χ0v) is 24.0. The SMILES string of the molecule is CCOC(=O)[C@@H]1/C(=N\NS(=O)(=O)c2ccc(C)cc2)C[C@](C)(O)[C@@H](C(=O)OCC)[C@H]1c1ccc(N(C)C)cc1. The van der Waals surface area contributed by atoms with E-state index in [1.165, 1.54) is 19.1 Å². The van der Waals surface area contributed by atoms with E-state index in [4.69, 9.17) is 9.47 Å². The summed E-state index contributed by atoms with van der Waals surface area (Å²) in [5, 5.41) is 15.7. The summed E-state index contributed by atoms with van der Waals surface area (Å²) < 4.78 is 36.7. The predicted octanol–water partition coefficient (Wildman–Crippen LogP) is 2.99. The summed E-state index contributed by atoms with van der Waals surface area (Å²) in [5.41, 5.74) is 0.691. The maximum atomic E-state index is 13.4. The molecule has 0 aromatic heterocycles. The molecule has 0 bridgehead atoms. The quantitative estimate of drug-likeness (QED) is 0.354. The van der Waals surface area contributed by atoms with Crippen molar-refractivity contribution in [2.24, 2.45) is 16.9 Å². The molecule has 0 heterocycles. The van der Waals surface area contributed by atoms with Gasteiger partial charge in [0.15, 0.2) is 0 Å². The fraction of sp³-hybridized carbons (Fsp3) is 0.464. The zero-order valence-electron chi connectivity index (χ0n) is 23.2. The van der Waals surface area contributed by atoms with Crippen LogP contribution in [-0.4, -0.2) is 64.1 Å². The van der Waals surface area contributed by atoms with Gasteiger partial charge in [0, 0.05) is 32.1 Å². The predicted molar refractivity (Wildman–Crippen MR) is 148 cm³/mol. The number of aliphatic hydroxyl groups is 1. The van der Waals surface area contributed by atoms with E-state index in [9.17, 15) is 23.1 Å². The van der Waals surface area contributed by atoms with Crippen molar-refractivity contribution in [1.29, 1.82) is 0 Å².